The molecule has 35 heavy (non-hydrogen) atoms. The van der Waals surface area contributed by atoms with Crippen molar-refractivity contribution in [2.24, 2.45) is 5.92 Å². The molecule has 12 heteroatoms. The van der Waals surface area contributed by atoms with Crippen LogP contribution in [0.15, 0.2) is 75.1 Å². The average Bonchev–Trinajstić information content (AvgIpc) is 3.49. The van der Waals surface area contributed by atoms with Gasteiger partial charge in [0.05, 0.1) is 29.1 Å². The first-order chi connectivity index (χ1) is 16.6. The van der Waals surface area contributed by atoms with E-state index in [-0.39, 0.29) is 22.9 Å². The number of hydrogen-bond donors (Lipinski definition) is 1. The molecule has 0 radical (unpaired) electrons. The van der Waals surface area contributed by atoms with Crippen LogP contribution in [0.5, 0.6) is 5.75 Å². The summed E-state index contributed by atoms with van der Waals surface area (Å²) in [6, 6.07) is 12.9. The van der Waals surface area contributed by atoms with Gasteiger partial charge in [-0.1, -0.05) is 11.2 Å². The van der Waals surface area contributed by atoms with Crippen LogP contribution >= 0.6 is 0 Å². The Morgan fingerprint density at radius 2 is 1.91 bits per heavy atom. The number of alkyl halides is 3. The number of sulfonamides is 1. The molecule has 2 atom stereocenters. The Hall–Kier alpha value is -3.80. The van der Waals surface area contributed by atoms with E-state index in [4.69, 9.17) is 4.74 Å². The van der Waals surface area contributed by atoms with E-state index in [1.54, 1.807) is 6.07 Å². The summed E-state index contributed by atoms with van der Waals surface area (Å²) in [5.41, 5.74) is 0.781. The Kier molecular flexibility index (Phi) is 5.35. The number of nitrogens with zero attached hydrogens (tertiary/aromatic N) is 2. The van der Waals surface area contributed by atoms with E-state index in [0.29, 0.717) is 22.2 Å². The first-order valence-electron chi connectivity index (χ1n) is 10.4. The van der Waals surface area contributed by atoms with Crippen LogP contribution < -0.4 is 15.0 Å². The van der Waals surface area contributed by atoms with Crippen molar-refractivity contribution in [3.05, 3.63) is 76.8 Å². The lowest BCUT2D eigenvalue weighted by atomic mass is 10.1. The number of ether oxygens (including phenoxy) is 1. The zero-order valence-electron chi connectivity index (χ0n) is 18.1. The summed E-state index contributed by atoms with van der Waals surface area (Å²) in [7, 11) is -2.61. The molecule has 0 amide bonds. The predicted octanol–water partition coefficient (Wildman–Crippen LogP) is 4.45. The van der Waals surface area contributed by atoms with Gasteiger partial charge in [-0.15, -0.1) is 0 Å². The van der Waals surface area contributed by atoms with Crippen molar-refractivity contribution in [2.75, 3.05) is 11.8 Å². The van der Waals surface area contributed by atoms with Crippen molar-refractivity contribution in [2.45, 2.75) is 23.4 Å². The standard InChI is InChI=1S/C23H18F3N3O5S/c1-33-20-11-13(16-12-17(16)23(24,25)26)2-5-19(20)29-18-6-4-15(10-14(18)3-7-22(29)30)35(31,32)28-21-8-9-34-27-21/h2-11,16-17H,12H2,1H3,(H,27,28). The van der Waals surface area contributed by atoms with E-state index in [1.807, 2.05) is 0 Å². The lowest BCUT2D eigenvalue weighted by molar-refractivity contribution is -0.148. The maximum Gasteiger partial charge on any atom is 0.392 e. The van der Waals surface area contributed by atoms with Gasteiger partial charge in [-0.2, -0.15) is 13.2 Å². The summed E-state index contributed by atoms with van der Waals surface area (Å²) in [5.74, 6) is -1.78. The molecule has 4 aromatic rings. The molecule has 0 bridgehead atoms. The van der Waals surface area contributed by atoms with E-state index in [0.717, 1.165) is 0 Å². The van der Waals surface area contributed by atoms with Gasteiger partial charge in [0.25, 0.3) is 15.6 Å². The molecule has 1 saturated carbocycles. The van der Waals surface area contributed by atoms with Crippen LogP contribution in [0.3, 0.4) is 0 Å². The maximum atomic E-state index is 13.0. The monoisotopic (exact) mass is 505 g/mol. The number of halogens is 3. The number of anilines is 1. The topological polar surface area (TPSA) is 103 Å². The third kappa shape index (κ3) is 4.25. The van der Waals surface area contributed by atoms with Crippen molar-refractivity contribution in [3.8, 4) is 11.4 Å². The Balaban J connectivity index is 1.56. The van der Waals surface area contributed by atoms with E-state index in [9.17, 15) is 26.4 Å². The summed E-state index contributed by atoms with van der Waals surface area (Å²) >= 11 is 0. The highest BCUT2D eigenvalue weighted by atomic mass is 32.2. The third-order valence-electron chi connectivity index (χ3n) is 5.94. The molecule has 5 rings (SSSR count). The highest BCUT2D eigenvalue weighted by molar-refractivity contribution is 7.92. The maximum absolute atomic E-state index is 13.0. The van der Waals surface area contributed by atoms with Crippen LogP contribution in [0, 0.1) is 5.92 Å². The molecule has 1 fully saturated rings. The van der Waals surface area contributed by atoms with E-state index in [2.05, 4.69) is 14.4 Å². The number of fused-ring (bicyclic) bond motifs is 1. The zero-order chi connectivity index (χ0) is 25.0. The molecular weight excluding hydrogens is 487 g/mol. The van der Waals surface area contributed by atoms with Gasteiger partial charge in [0, 0.05) is 17.5 Å². The number of benzene rings is 2. The van der Waals surface area contributed by atoms with Gasteiger partial charge in [-0.05, 0) is 54.3 Å². The lowest BCUT2D eigenvalue weighted by Crippen LogP contribution is -2.19. The Morgan fingerprint density at radius 3 is 2.57 bits per heavy atom. The fourth-order valence-corrected chi connectivity index (χ4v) is 5.16. The number of aromatic nitrogens is 2. The van der Waals surface area contributed by atoms with Crippen molar-refractivity contribution < 1.29 is 30.8 Å². The highest BCUT2D eigenvalue weighted by Gasteiger charge is 2.56. The second kappa shape index (κ2) is 8.15. The molecule has 1 N–H and O–H groups in total. The summed E-state index contributed by atoms with van der Waals surface area (Å²) in [5, 5.41) is 3.97. The van der Waals surface area contributed by atoms with Crippen LogP contribution in [0.4, 0.5) is 19.0 Å². The minimum atomic E-state index is -4.26. The number of rotatable bonds is 6. The van der Waals surface area contributed by atoms with Gasteiger partial charge in [0.1, 0.15) is 12.0 Å². The molecular formula is C23H18F3N3O5S. The van der Waals surface area contributed by atoms with Crippen LogP contribution in [0.1, 0.15) is 17.9 Å². The predicted molar refractivity (Wildman–Crippen MR) is 120 cm³/mol. The quantitative estimate of drug-likeness (QED) is 0.415. The van der Waals surface area contributed by atoms with Crippen LogP contribution in [-0.4, -0.2) is 31.4 Å². The normalized spacial score (nSPS) is 17.9. The molecule has 182 valence electrons. The van der Waals surface area contributed by atoms with Crippen molar-refractivity contribution >= 4 is 26.7 Å². The average molecular weight is 505 g/mol. The van der Waals surface area contributed by atoms with Crippen molar-refractivity contribution in [1.82, 2.24) is 9.72 Å². The van der Waals surface area contributed by atoms with E-state index in [1.165, 1.54) is 66.5 Å². The van der Waals surface area contributed by atoms with Crippen molar-refractivity contribution in [3.63, 3.8) is 0 Å². The molecule has 2 heterocycles. The molecule has 0 saturated heterocycles. The molecule has 0 aliphatic heterocycles. The summed E-state index contributed by atoms with van der Waals surface area (Å²) < 4.78 is 78.1. The highest BCUT2D eigenvalue weighted by Crippen LogP contribution is 2.56. The van der Waals surface area contributed by atoms with Gasteiger partial charge in [-0.25, -0.2) is 8.42 Å². The van der Waals surface area contributed by atoms with Gasteiger partial charge in [0.15, 0.2) is 5.82 Å². The fourth-order valence-electron chi connectivity index (χ4n) is 4.14. The minimum Gasteiger partial charge on any atom is -0.495 e. The Bertz CT molecular complexity index is 1580. The third-order valence-corrected chi connectivity index (χ3v) is 7.29. The fraction of sp³-hybridized carbons (Fsp3) is 0.217. The van der Waals surface area contributed by atoms with Crippen LogP contribution in [-0.2, 0) is 10.0 Å². The summed E-state index contributed by atoms with van der Waals surface area (Å²) in [4.78, 5) is 12.8. The van der Waals surface area contributed by atoms with E-state index < -0.39 is 33.6 Å². The number of methoxy groups -OCH3 is 1. The summed E-state index contributed by atoms with van der Waals surface area (Å²) in [6.07, 6.45) is -3.02. The van der Waals surface area contributed by atoms with Gasteiger partial charge in [0.2, 0.25) is 0 Å². The Morgan fingerprint density at radius 1 is 1.11 bits per heavy atom. The van der Waals surface area contributed by atoms with E-state index >= 15 is 0 Å². The second-order valence-corrected chi connectivity index (χ2v) is 9.82. The number of nitrogens with one attached hydrogen (secondary N) is 1. The molecule has 0 spiro atoms. The van der Waals surface area contributed by atoms with Gasteiger partial charge >= 0.3 is 6.18 Å². The van der Waals surface area contributed by atoms with Crippen LogP contribution in [0.2, 0.25) is 0 Å². The first kappa shape index (κ1) is 23.0. The first-order valence-corrected chi connectivity index (χ1v) is 11.9. The van der Waals surface area contributed by atoms with Crippen LogP contribution in [0.25, 0.3) is 16.6 Å². The molecule has 8 nitrogen and oxygen atoms in total. The SMILES string of the molecule is COc1cc(C2CC2C(F)(F)F)ccc1-n1c(=O)ccc2cc(S(=O)(=O)Nc3ccon3)ccc21. The Labute approximate surface area is 197 Å². The molecule has 1 aliphatic carbocycles. The number of pyridine rings is 1. The van der Waals surface area contributed by atoms with Gasteiger partial charge in [-0.3, -0.25) is 14.1 Å². The summed E-state index contributed by atoms with van der Waals surface area (Å²) in [6.45, 7) is 0. The molecule has 2 aromatic carbocycles. The lowest BCUT2D eigenvalue weighted by Gasteiger charge is -2.16. The smallest absolute Gasteiger partial charge is 0.392 e. The van der Waals surface area contributed by atoms with Crippen molar-refractivity contribution in [1.29, 1.82) is 0 Å². The molecule has 1 aliphatic rings. The second-order valence-electron chi connectivity index (χ2n) is 8.14. The van der Waals surface area contributed by atoms with Gasteiger partial charge < -0.3 is 9.26 Å². The minimum absolute atomic E-state index is 0.0137. The number of hydrogen-bond acceptors (Lipinski definition) is 6. The zero-order valence-corrected chi connectivity index (χ0v) is 18.9. The molecule has 2 unspecified atom stereocenters. The largest absolute Gasteiger partial charge is 0.495 e. The molecule has 2 aromatic heterocycles.